The molecule has 7 heteroatoms. The molecular formula is C22H21N3O3S. The van der Waals surface area contributed by atoms with Crippen LogP contribution in [0.25, 0.3) is 6.08 Å². The quantitative estimate of drug-likeness (QED) is 0.530. The Balaban J connectivity index is 1.52. The van der Waals surface area contributed by atoms with E-state index < -0.39 is 0 Å². The average molecular weight is 407 g/mol. The first-order valence-corrected chi connectivity index (χ1v) is 10.1. The molecule has 29 heavy (non-hydrogen) atoms. The van der Waals surface area contributed by atoms with Crippen LogP contribution >= 0.6 is 11.8 Å². The molecule has 0 radical (unpaired) electrons. The van der Waals surface area contributed by atoms with Crippen LogP contribution in [0.2, 0.25) is 0 Å². The fourth-order valence-corrected chi connectivity index (χ4v) is 3.66. The summed E-state index contributed by atoms with van der Waals surface area (Å²) in [6.45, 7) is 3.92. The molecule has 0 atom stereocenters. The van der Waals surface area contributed by atoms with Crippen molar-refractivity contribution >= 4 is 29.0 Å². The number of nitrogens with one attached hydrogen (secondary N) is 1. The number of nitrogens with zero attached hydrogens (tertiary/aromatic N) is 2. The van der Waals surface area contributed by atoms with Crippen LogP contribution in [-0.4, -0.2) is 35.7 Å². The standard InChI is InChI=1S/C22H21N3O3S/c1-2-28-19-9-7-16(8-10-19)13-20-21(26)25(22(27)29-20)12-11-24-15-18-5-3-17(14-23)4-6-18/h3-10,13,24H,2,11-12,15H2,1H3. The highest BCUT2D eigenvalue weighted by molar-refractivity contribution is 8.18. The molecular weight excluding hydrogens is 386 g/mol. The van der Waals surface area contributed by atoms with Gasteiger partial charge < -0.3 is 10.1 Å². The minimum atomic E-state index is -0.269. The van der Waals surface area contributed by atoms with E-state index in [2.05, 4.69) is 11.4 Å². The summed E-state index contributed by atoms with van der Waals surface area (Å²) in [5.41, 5.74) is 2.50. The van der Waals surface area contributed by atoms with Gasteiger partial charge in [-0.25, -0.2) is 0 Å². The lowest BCUT2D eigenvalue weighted by atomic mass is 10.1. The molecule has 0 aromatic heterocycles. The maximum absolute atomic E-state index is 12.6. The summed E-state index contributed by atoms with van der Waals surface area (Å²) in [4.78, 5) is 26.4. The molecule has 1 aliphatic rings. The Kier molecular flexibility index (Phi) is 7.06. The molecule has 0 spiro atoms. The molecule has 2 amide bonds. The third-order valence-electron chi connectivity index (χ3n) is 4.29. The number of carbonyl (C=O) groups is 2. The summed E-state index contributed by atoms with van der Waals surface area (Å²) in [7, 11) is 0. The molecule has 1 saturated heterocycles. The lowest BCUT2D eigenvalue weighted by molar-refractivity contribution is -0.122. The van der Waals surface area contributed by atoms with E-state index in [1.54, 1.807) is 18.2 Å². The molecule has 3 rings (SSSR count). The van der Waals surface area contributed by atoms with Gasteiger partial charge in [-0.3, -0.25) is 14.5 Å². The zero-order valence-corrected chi connectivity index (χ0v) is 16.9. The van der Waals surface area contributed by atoms with Crippen molar-refractivity contribution in [2.45, 2.75) is 13.5 Å². The predicted octanol–water partition coefficient (Wildman–Crippen LogP) is 3.78. The Morgan fingerprint density at radius 3 is 2.52 bits per heavy atom. The van der Waals surface area contributed by atoms with Gasteiger partial charge in [-0.05, 0) is 60.2 Å². The second-order valence-electron chi connectivity index (χ2n) is 6.32. The molecule has 0 aliphatic carbocycles. The van der Waals surface area contributed by atoms with E-state index in [0.29, 0.717) is 36.7 Å². The number of ether oxygens (including phenoxy) is 1. The van der Waals surface area contributed by atoms with Crippen molar-refractivity contribution in [2.75, 3.05) is 19.7 Å². The number of benzene rings is 2. The Morgan fingerprint density at radius 1 is 1.14 bits per heavy atom. The molecule has 1 heterocycles. The van der Waals surface area contributed by atoms with Crippen LogP contribution in [0.15, 0.2) is 53.4 Å². The topological polar surface area (TPSA) is 82.4 Å². The number of hydrogen-bond donors (Lipinski definition) is 1. The predicted molar refractivity (Wildman–Crippen MR) is 113 cm³/mol. The third kappa shape index (κ3) is 5.47. The molecule has 1 N–H and O–H groups in total. The fraction of sp³-hybridized carbons (Fsp3) is 0.227. The summed E-state index contributed by atoms with van der Waals surface area (Å²) in [5, 5.41) is 11.8. The highest BCUT2D eigenvalue weighted by Crippen LogP contribution is 2.32. The molecule has 6 nitrogen and oxygen atoms in total. The van der Waals surface area contributed by atoms with E-state index in [9.17, 15) is 9.59 Å². The summed E-state index contributed by atoms with van der Waals surface area (Å²) in [5.74, 6) is 0.500. The van der Waals surface area contributed by atoms with Crippen LogP contribution in [0.3, 0.4) is 0 Å². The molecule has 0 saturated carbocycles. The third-order valence-corrected chi connectivity index (χ3v) is 5.19. The van der Waals surface area contributed by atoms with Crippen molar-refractivity contribution in [3.8, 4) is 11.8 Å². The van der Waals surface area contributed by atoms with Crippen LogP contribution in [0, 0.1) is 11.3 Å². The van der Waals surface area contributed by atoms with Crippen LogP contribution < -0.4 is 10.1 Å². The Morgan fingerprint density at radius 2 is 1.86 bits per heavy atom. The average Bonchev–Trinajstić information content (AvgIpc) is 3.00. The van der Waals surface area contributed by atoms with Gasteiger partial charge in [-0.2, -0.15) is 5.26 Å². The molecule has 148 valence electrons. The Bertz CT molecular complexity index is 947. The number of nitriles is 1. The number of rotatable bonds is 8. The van der Waals surface area contributed by atoms with Gasteiger partial charge in [-0.15, -0.1) is 0 Å². The van der Waals surface area contributed by atoms with Crippen molar-refractivity contribution in [1.29, 1.82) is 5.26 Å². The molecule has 2 aromatic carbocycles. The van der Waals surface area contributed by atoms with E-state index in [1.165, 1.54) is 4.90 Å². The first-order chi connectivity index (χ1) is 14.1. The second-order valence-corrected chi connectivity index (χ2v) is 7.31. The van der Waals surface area contributed by atoms with Crippen LogP contribution in [0.1, 0.15) is 23.6 Å². The van der Waals surface area contributed by atoms with Gasteiger partial charge in [0.1, 0.15) is 5.75 Å². The summed E-state index contributed by atoms with van der Waals surface area (Å²) >= 11 is 0.958. The van der Waals surface area contributed by atoms with Crippen LogP contribution in [-0.2, 0) is 11.3 Å². The Labute approximate surface area is 174 Å². The zero-order valence-electron chi connectivity index (χ0n) is 16.1. The van der Waals surface area contributed by atoms with E-state index >= 15 is 0 Å². The highest BCUT2D eigenvalue weighted by Gasteiger charge is 2.34. The lowest BCUT2D eigenvalue weighted by Crippen LogP contribution is -2.35. The lowest BCUT2D eigenvalue weighted by Gasteiger charge is -2.13. The maximum atomic E-state index is 12.6. The molecule has 2 aromatic rings. The van der Waals surface area contributed by atoms with E-state index in [1.807, 2.05) is 43.3 Å². The van der Waals surface area contributed by atoms with Crippen LogP contribution in [0.4, 0.5) is 4.79 Å². The minimum Gasteiger partial charge on any atom is -0.494 e. The molecule has 0 unspecified atom stereocenters. The zero-order chi connectivity index (χ0) is 20.6. The number of carbonyl (C=O) groups excluding carboxylic acids is 2. The van der Waals surface area contributed by atoms with Crippen molar-refractivity contribution < 1.29 is 14.3 Å². The van der Waals surface area contributed by atoms with Gasteiger partial charge in [0.2, 0.25) is 0 Å². The Hall–Kier alpha value is -3.08. The number of amides is 2. The van der Waals surface area contributed by atoms with Crippen LogP contribution in [0.5, 0.6) is 5.75 Å². The first-order valence-electron chi connectivity index (χ1n) is 9.28. The first kappa shape index (κ1) is 20.6. The number of imide groups is 1. The van der Waals surface area contributed by atoms with Gasteiger partial charge >= 0.3 is 0 Å². The molecule has 0 bridgehead atoms. The molecule has 1 fully saturated rings. The van der Waals surface area contributed by atoms with Crippen molar-refractivity contribution in [3.05, 3.63) is 70.1 Å². The number of hydrogen-bond acceptors (Lipinski definition) is 6. The van der Waals surface area contributed by atoms with Crippen molar-refractivity contribution in [3.63, 3.8) is 0 Å². The highest BCUT2D eigenvalue weighted by atomic mass is 32.2. The summed E-state index contributed by atoms with van der Waals surface area (Å²) in [6.07, 6.45) is 1.73. The number of thioether (sulfide) groups is 1. The normalized spacial score (nSPS) is 15.0. The minimum absolute atomic E-state index is 0.257. The van der Waals surface area contributed by atoms with E-state index in [4.69, 9.17) is 10.00 Å². The van der Waals surface area contributed by atoms with Gasteiger partial charge in [0, 0.05) is 19.6 Å². The fourth-order valence-electron chi connectivity index (χ4n) is 2.79. The second kappa shape index (κ2) is 9.92. The summed E-state index contributed by atoms with van der Waals surface area (Å²) < 4.78 is 5.41. The largest absolute Gasteiger partial charge is 0.494 e. The monoisotopic (exact) mass is 407 g/mol. The van der Waals surface area contributed by atoms with E-state index in [0.717, 1.165) is 28.6 Å². The van der Waals surface area contributed by atoms with Crippen molar-refractivity contribution in [2.24, 2.45) is 0 Å². The molecule has 1 aliphatic heterocycles. The van der Waals surface area contributed by atoms with E-state index in [-0.39, 0.29) is 11.1 Å². The smallest absolute Gasteiger partial charge is 0.293 e. The van der Waals surface area contributed by atoms with Gasteiger partial charge in [0.05, 0.1) is 23.1 Å². The maximum Gasteiger partial charge on any atom is 0.293 e. The summed E-state index contributed by atoms with van der Waals surface area (Å²) in [6, 6.07) is 16.8. The van der Waals surface area contributed by atoms with Gasteiger partial charge in [0.25, 0.3) is 11.1 Å². The van der Waals surface area contributed by atoms with Crippen molar-refractivity contribution in [1.82, 2.24) is 10.2 Å². The van der Waals surface area contributed by atoms with Gasteiger partial charge in [0.15, 0.2) is 0 Å². The van der Waals surface area contributed by atoms with Gasteiger partial charge in [-0.1, -0.05) is 24.3 Å². The SMILES string of the molecule is CCOc1ccc(C=C2SC(=O)N(CCNCc3ccc(C#N)cc3)C2=O)cc1.